The lowest BCUT2D eigenvalue weighted by Crippen LogP contribution is -2.29. The van der Waals surface area contributed by atoms with Gasteiger partial charge in [-0.25, -0.2) is 8.42 Å². The van der Waals surface area contributed by atoms with Crippen molar-refractivity contribution in [1.29, 1.82) is 0 Å². The van der Waals surface area contributed by atoms with Crippen molar-refractivity contribution in [3.63, 3.8) is 0 Å². The van der Waals surface area contributed by atoms with Crippen molar-refractivity contribution < 1.29 is 13.2 Å². The fourth-order valence-electron chi connectivity index (χ4n) is 3.96. The van der Waals surface area contributed by atoms with Crippen molar-refractivity contribution in [3.8, 4) is 0 Å². The molecule has 0 aromatic heterocycles. The van der Waals surface area contributed by atoms with Gasteiger partial charge < -0.3 is 5.32 Å². The van der Waals surface area contributed by atoms with E-state index in [0.29, 0.717) is 5.69 Å². The van der Waals surface area contributed by atoms with Crippen LogP contribution in [0.2, 0.25) is 5.02 Å². The van der Waals surface area contributed by atoms with Gasteiger partial charge in [0.05, 0.1) is 16.8 Å². The first-order valence-electron chi connectivity index (χ1n) is 11.5. The van der Waals surface area contributed by atoms with E-state index >= 15 is 0 Å². The highest BCUT2D eigenvalue weighted by Gasteiger charge is 2.23. The minimum absolute atomic E-state index is 0.0296. The fourth-order valence-corrected chi connectivity index (χ4v) is 5.61. The predicted octanol–water partition coefficient (Wildman–Crippen LogP) is 6.59. The first kappa shape index (κ1) is 25.5. The molecule has 0 unspecified atom stereocenters. The molecular weight excluding hydrogens is 492 g/mol. The monoisotopic (exact) mass is 518 g/mol. The Morgan fingerprint density at radius 1 is 0.778 bits per heavy atom. The van der Waals surface area contributed by atoms with Crippen LogP contribution in [0, 0.1) is 20.8 Å². The third-order valence-corrected chi connectivity index (χ3v) is 7.78. The number of hydrogen-bond donors (Lipinski definition) is 2. The molecule has 4 aromatic carbocycles. The maximum absolute atomic E-state index is 13.3. The third kappa shape index (κ3) is 5.78. The summed E-state index contributed by atoms with van der Waals surface area (Å²) in [7, 11) is -4.03. The van der Waals surface area contributed by atoms with E-state index in [-0.39, 0.29) is 15.5 Å². The lowest BCUT2D eigenvalue weighted by Gasteiger charge is -2.20. The standard InChI is InChI=1S/C29H27ClN2O3S/c1-19-9-12-23(13-10-19)28(22-7-5-4-6-8-22)31-29(33)24-14-15-25(30)27(18-24)36(34,35)32-26-16-11-20(2)17-21(26)3/h4-18,28,32H,1-3H3,(H,31,33)/t28-/m1/s1. The summed E-state index contributed by atoms with van der Waals surface area (Å²) >= 11 is 6.28. The van der Waals surface area contributed by atoms with E-state index in [4.69, 9.17) is 11.6 Å². The lowest BCUT2D eigenvalue weighted by molar-refractivity contribution is 0.0942. The molecule has 0 bridgehead atoms. The van der Waals surface area contributed by atoms with Crippen LogP contribution in [0.3, 0.4) is 0 Å². The van der Waals surface area contributed by atoms with Gasteiger partial charge in [0.25, 0.3) is 15.9 Å². The van der Waals surface area contributed by atoms with Gasteiger partial charge in [-0.15, -0.1) is 0 Å². The molecule has 0 aliphatic carbocycles. The fraction of sp³-hybridized carbons (Fsp3) is 0.138. The van der Waals surface area contributed by atoms with Crippen LogP contribution in [0.15, 0.2) is 95.9 Å². The van der Waals surface area contributed by atoms with Crippen LogP contribution in [-0.2, 0) is 10.0 Å². The van der Waals surface area contributed by atoms with Gasteiger partial charge in [-0.1, -0.05) is 89.5 Å². The summed E-state index contributed by atoms with van der Waals surface area (Å²) in [5.41, 5.74) is 5.39. The Hall–Kier alpha value is -3.61. The van der Waals surface area contributed by atoms with E-state index in [1.165, 1.54) is 18.2 Å². The van der Waals surface area contributed by atoms with Crippen LogP contribution in [0.1, 0.15) is 44.2 Å². The molecule has 0 aliphatic rings. The van der Waals surface area contributed by atoms with Gasteiger partial charge in [0.2, 0.25) is 0 Å². The molecule has 7 heteroatoms. The smallest absolute Gasteiger partial charge is 0.263 e. The first-order chi connectivity index (χ1) is 17.1. The highest BCUT2D eigenvalue weighted by molar-refractivity contribution is 7.92. The number of hydrogen-bond acceptors (Lipinski definition) is 3. The quantitative estimate of drug-likeness (QED) is 0.290. The second-order valence-corrected chi connectivity index (χ2v) is 10.9. The zero-order valence-corrected chi connectivity index (χ0v) is 21.8. The van der Waals surface area contributed by atoms with Crippen LogP contribution in [-0.4, -0.2) is 14.3 Å². The topological polar surface area (TPSA) is 75.3 Å². The van der Waals surface area contributed by atoms with Crippen LogP contribution in [0.4, 0.5) is 5.69 Å². The van der Waals surface area contributed by atoms with Gasteiger partial charge in [-0.2, -0.15) is 0 Å². The number of rotatable bonds is 7. The Kier molecular flexibility index (Phi) is 7.48. The summed E-state index contributed by atoms with van der Waals surface area (Å²) in [5.74, 6) is -0.413. The number of carbonyl (C=O) groups is 1. The Labute approximate surface area is 217 Å². The minimum Gasteiger partial charge on any atom is -0.341 e. The molecule has 36 heavy (non-hydrogen) atoms. The van der Waals surface area contributed by atoms with E-state index in [9.17, 15) is 13.2 Å². The van der Waals surface area contributed by atoms with E-state index in [1.807, 2.05) is 87.5 Å². The normalized spacial score (nSPS) is 12.1. The zero-order chi connectivity index (χ0) is 25.9. The second kappa shape index (κ2) is 10.6. The predicted molar refractivity (Wildman–Crippen MR) is 145 cm³/mol. The van der Waals surface area contributed by atoms with Crippen LogP contribution >= 0.6 is 11.6 Å². The first-order valence-corrected chi connectivity index (χ1v) is 13.3. The average molecular weight is 519 g/mol. The molecule has 0 saturated heterocycles. The zero-order valence-electron chi connectivity index (χ0n) is 20.2. The van der Waals surface area contributed by atoms with E-state index in [1.54, 1.807) is 6.07 Å². The number of amides is 1. The molecule has 0 saturated carbocycles. The van der Waals surface area contributed by atoms with Crippen molar-refractivity contribution in [2.45, 2.75) is 31.7 Å². The summed E-state index contributed by atoms with van der Waals surface area (Å²) in [6, 6.07) is 26.8. The van der Waals surface area contributed by atoms with Crippen LogP contribution < -0.4 is 10.0 Å². The number of halogens is 1. The number of benzene rings is 4. The van der Waals surface area contributed by atoms with Gasteiger partial charge in [0.1, 0.15) is 4.90 Å². The van der Waals surface area contributed by atoms with Crippen molar-refractivity contribution in [2.75, 3.05) is 4.72 Å². The number of anilines is 1. The number of nitrogens with one attached hydrogen (secondary N) is 2. The SMILES string of the molecule is Cc1ccc([C@H](NC(=O)c2ccc(Cl)c(S(=O)(=O)Nc3ccc(C)cc3C)c2)c2ccccc2)cc1. The number of carbonyl (C=O) groups excluding carboxylic acids is 1. The summed E-state index contributed by atoms with van der Waals surface area (Å²) in [5, 5.41) is 3.08. The molecule has 4 aromatic rings. The van der Waals surface area contributed by atoms with Gasteiger partial charge in [0, 0.05) is 5.56 Å². The molecule has 4 rings (SSSR count). The summed E-state index contributed by atoms with van der Waals surface area (Å²) in [6.45, 7) is 5.76. The maximum Gasteiger partial charge on any atom is 0.263 e. The second-order valence-electron chi connectivity index (χ2n) is 8.80. The van der Waals surface area contributed by atoms with Crippen LogP contribution in [0.25, 0.3) is 0 Å². The molecule has 0 spiro atoms. The van der Waals surface area contributed by atoms with Crippen LogP contribution in [0.5, 0.6) is 0 Å². The molecule has 1 amide bonds. The molecule has 5 nitrogen and oxygen atoms in total. The van der Waals surface area contributed by atoms with Gasteiger partial charge in [-0.05, 0) is 61.7 Å². The average Bonchev–Trinajstić information content (AvgIpc) is 2.85. The molecule has 184 valence electrons. The Morgan fingerprint density at radius 2 is 1.42 bits per heavy atom. The summed E-state index contributed by atoms with van der Waals surface area (Å²) < 4.78 is 29.0. The van der Waals surface area contributed by atoms with E-state index in [0.717, 1.165) is 27.8 Å². The molecule has 0 radical (unpaired) electrons. The van der Waals surface area contributed by atoms with Crippen molar-refractivity contribution in [2.24, 2.45) is 0 Å². The number of sulfonamides is 1. The maximum atomic E-state index is 13.3. The molecular formula is C29H27ClN2O3S. The molecule has 2 N–H and O–H groups in total. The highest BCUT2D eigenvalue weighted by Crippen LogP contribution is 2.28. The summed E-state index contributed by atoms with van der Waals surface area (Å²) in [4.78, 5) is 13.2. The lowest BCUT2D eigenvalue weighted by atomic mass is 9.97. The van der Waals surface area contributed by atoms with Crippen molar-refractivity contribution >= 4 is 33.2 Å². The third-order valence-electron chi connectivity index (χ3n) is 5.93. The Bertz CT molecular complexity index is 1500. The van der Waals surface area contributed by atoms with Crippen molar-refractivity contribution in [1.82, 2.24) is 5.32 Å². The molecule has 0 aliphatic heterocycles. The molecule has 0 heterocycles. The Balaban J connectivity index is 1.65. The van der Waals surface area contributed by atoms with Crippen molar-refractivity contribution in [3.05, 3.63) is 129 Å². The summed E-state index contributed by atoms with van der Waals surface area (Å²) in [6.07, 6.45) is 0. The highest BCUT2D eigenvalue weighted by atomic mass is 35.5. The van der Waals surface area contributed by atoms with Gasteiger partial charge in [0.15, 0.2) is 0 Å². The largest absolute Gasteiger partial charge is 0.341 e. The Morgan fingerprint density at radius 3 is 2.08 bits per heavy atom. The van der Waals surface area contributed by atoms with E-state index in [2.05, 4.69) is 10.0 Å². The van der Waals surface area contributed by atoms with E-state index < -0.39 is 22.0 Å². The minimum atomic E-state index is -4.03. The number of aryl methyl sites for hydroxylation is 3. The van der Waals surface area contributed by atoms with Gasteiger partial charge >= 0.3 is 0 Å². The molecule has 1 atom stereocenters. The molecule has 0 fully saturated rings. The van der Waals surface area contributed by atoms with Gasteiger partial charge in [-0.3, -0.25) is 9.52 Å².